The summed E-state index contributed by atoms with van der Waals surface area (Å²) in [6.07, 6.45) is 1.77. The number of aromatic nitrogens is 2. The van der Waals surface area contributed by atoms with Gasteiger partial charge in [-0.3, -0.25) is 9.58 Å². The van der Waals surface area contributed by atoms with E-state index in [4.69, 9.17) is 23.2 Å². The van der Waals surface area contributed by atoms with Crippen molar-refractivity contribution in [3.63, 3.8) is 0 Å². The Labute approximate surface area is 190 Å². The SMILES string of the molecule is COC(=O)c1cc2c(C)nn(C3CCN([C@@H](C)c4cc(Cl)cc(Cl)c4)CC3)c2cc1F. The lowest BCUT2D eigenvalue weighted by molar-refractivity contribution is 0.0595. The predicted molar refractivity (Wildman–Crippen MR) is 120 cm³/mol. The third-order valence-corrected chi connectivity index (χ3v) is 6.58. The number of likely N-dealkylation sites (tertiary alicyclic amines) is 1. The molecule has 0 N–H and O–H groups in total. The Morgan fingerprint density at radius 2 is 1.81 bits per heavy atom. The van der Waals surface area contributed by atoms with Crippen LogP contribution in [0.5, 0.6) is 0 Å². The number of hydrogen-bond acceptors (Lipinski definition) is 4. The van der Waals surface area contributed by atoms with E-state index >= 15 is 0 Å². The number of carbonyl (C=O) groups excluding carboxylic acids is 1. The quantitative estimate of drug-likeness (QED) is 0.446. The summed E-state index contributed by atoms with van der Waals surface area (Å²) in [7, 11) is 1.24. The second kappa shape index (κ2) is 8.77. The van der Waals surface area contributed by atoms with Crippen LogP contribution in [0.2, 0.25) is 10.0 Å². The lowest BCUT2D eigenvalue weighted by Crippen LogP contribution is -2.36. The van der Waals surface area contributed by atoms with Gasteiger partial charge in [0.1, 0.15) is 5.82 Å². The number of ether oxygens (including phenoxy) is 1. The zero-order valence-electron chi connectivity index (χ0n) is 17.7. The van der Waals surface area contributed by atoms with Crippen LogP contribution >= 0.6 is 23.2 Å². The van der Waals surface area contributed by atoms with Gasteiger partial charge in [-0.15, -0.1) is 0 Å². The van der Waals surface area contributed by atoms with Crippen LogP contribution in [0.1, 0.15) is 53.5 Å². The molecule has 2 heterocycles. The standard InChI is InChI=1S/C23H24Cl2FN3O2/c1-13-19-11-20(23(30)31-3)21(26)12-22(19)29(27-13)18-4-6-28(7-5-18)14(2)15-8-16(24)10-17(25)9-15/h8-12,14,18H,4-7H2,1-3H3/t14-/m0/s1. The molecule has 3 aromatic rings. The van der Waals surface area contributed by atoms with Crippen LogP contribution in [0.15, 0.2) is 30.3 Å². The third-order valence-electron chi connectivity index (χ3n) is 6.14. The van der Waals surface area contributed by atoms with Gasteiger partial charge in [0, 0.05) is 40.6 Å². The molecular formula is C23H24Cl2FN3O2. The number of hydrogen-bond donors (Lipinski definition) is 0. The highest BCUT2D eigenvalue weighted by Gasteiger charge is 2.27. The van der Waals surface area contributed by atoms with Crippen molar-refractivity contribution in [3.05, 3.63) is 63.0 Å². The molecule has 8 heteroatoms. The van der Waals surface area contributed by atoms with Crippen LogP contribution in [0.25, 0.3) is 10.9 Å². The van der Waals surface area contributed by atoms with E-state index in [1.165, 1.54) is 19.2 Å². The molecule has 1 aliphatic heterocycles. The Bertz CT molecular complexity index is 1120. The van der Waals surface area contributed by atoms with Gasteiger partial charge in [0.05, 0.1) is 29.9 Å². The summed E-state index contributed by atoms with van der Waals surface area (Å²) < 4.78 is 21.2. The van der Waals surface area contributed by atoms with E-state index in [1.54, 1.807) is 6.07 Å². The summed E-state index contributed by atoms with van der Waals surface area (Å²) in [4.78, 5) is 14.2. The second-order valence-corrected chi connectivity index (χ2v) is 8.89. The van der Waals surface area contributed by atoms with Gasteiger partial charge in [0.2, 0.25) is 0 Å². The first-order valence-corrected chi connectivity index (χ1v) is 11.0. The van der Waals surface area contributed by atoms with E-state index < -0.39 is 11.8 Å². The molecule has 0 aliphatic carbocycles. The van der Waals surface area contributed by atoms with Crippen molar-refractivity contribution in [3.8, 4) is 0 Å². The smallest absolute Gasteiger partial charge is 0.340 e. The average molecular weight is 464 g/mol. The fourth-order valence-corrected chi connectivity index (χ4v) is 4.94. The van der Waals surface area contributed by atoms with E-state index in [2.05, 4.69) is 21.7 Å². The number of nitrogens with zero attached hydrogens (tertiary/aromatic N) is 3. The van der Waals surface area contributed by atoms with E-state index in [1.807, 2.05) is 23.7 Å². The molecule has 1 fully saturated rings. The van der Waals surface area contributed by atoms with Crippen molar-refractivity contribution in [2.75, 3.05) is 20.2 Å². The Balaban J connectivity index is 1.55. The van der Waals surface area contributed by atoms with Crippen molar-refractivity contribution in [1.29, 1.82) is 0 Å². The highest BCUT2D eigenvalue weighted by Crippen LogP contribution is 2.34. The number of esters is 1. The fraction of sp³-hybridized carbons (Fsp3) is 0.391. The minimum atomic E-state index is -0.685. The Morgan fingerprint density at radius 1 is 1.16 bits per heavy atom. The van der Waals surface area contributed by atoms with Gasteiger partial charge in [0.25, 0.3) is 0 Å². The first-order valence-electron chi connectivity index (χ1n) is 10.2. The maximum absolute atomic E-state index is 14.6. The number of halogens is 3. The summed E-state index contributed by atoms with van der Waals surface area (Å²) in [5, 5.41) is 6.72. The highest BCUT2D eigenvalue weighted by molar-refractivity contribution is 6.34. The minimum Gasteiger partial charge on any atom is -0.465 e. The molecule has 0 bridgehead atoms. The molecule has 5 nitrogen and oxygen atoms in total. The summed E-state index contributed by atoms with van der Waals surface area (Å²) >= 11 is 12.3. The number of methoxy groups -OCH3 is 1. The molecule has 0 saturated carbocycles. The molecule has 1 aromatic heterocycles. The number of aryl methyl sites for hydroxylation is 1. The molecule has 1 atom stereocenters. The minimum absolute atomic E-state index is 0.0681. The number of carbonyl (C=O) groups is 1. The van der Waals surface area contributed by atoms with Crippen LogP contribution in [0.3, 0.4) is 0 Å². The monoisotopic (exact) mass is 463 g/mol. The molecule has 31 heavy (non-hydrogen) atoms. The highest BCUT2D eigenvalue weighted by atomic mass is 35.5. The van der Waals surface area contributed by atoms with Crippen molar-refractivity contribution < 1.29 is 13.9 Å². The van der Waals surface area contributed by atoms with Gasteiger partial charge in [-0.25, -0.2) is 9.18 Å². The lowest BCUT2D eigenvalue weighted by atomic mass is 10.00. The van der Waals surface area contributed by atoms with Crippen LogP contribution in [0, 0.1) is 12.7 Å². The van der Waals surface area contributed by atoms with Crippen LogP contribution in [-0.4, -0.2) is 40.8 Å². The van der Waals surface area contributed by atoms with Crippen LogP contribution < -0.4 is 0 Å². The number of rotatable bonds is 4. The first kappa shape index (κ1) is 22.1. The average Bonchev–Trinajstić information content (AvgIpc) is 3.06. The summed E-state index contributed by atoms with van der Waals surface area (Å²) in [5.41, 5.74) is 2.50. The van der Waals surface area contributed by atoms with Crippen molar-refractivity contribution in [1.82, 2.24) is 14.7 Å². The zero-order valence-corrected chi connectivity index (χ0v) is 19.2. The topological polar surface area (TPSA) is 47.4 Å². The molecule has 164 valence electrons. The number of piperidine rings is 1. The fourth-order valence-electron chi connectivity index (χ4n) is 4.40. The molecule has 1 aliphatic rings. The van der Waals surface area contributed by atoms with Gasteiger partial charge < -0.3 is 4.74 Å². The van der Waals surface area contributed by atoms with Crippen LogP contribution in [-0.2, 0) is 4.74 Å². The molecule has 0 radical (unpaired) electrons. The predicted octanol–water partition coefficient (Wildman–Crippen LogP) is 5.98. The Kier molecular flexibility index (Phi) is 6.24. The summed E-state index contributed by atoms with van der Waals surface area (Å²) in [6.45, 7) is 5.77. The van der Waals surface area contributed by atoms with Gasteiger partial charge in [-0.05, 0) is 56.5 Å². The van der Waals surface area contributed by atoms with Gasteiger partial charge in [-0.1, -0.05) is 23.2 Å². The maximum Gasteiger partial charge on any atom is 0.340 e. The van der Waals surface area contributed by atoms with E-state index in [9.17, 15) is 9.18 Å². The van der Waals surface area contributed by atoms with Crippen molar-refractivity contribution in [2.24, 2.45) is 0 Å². The Hall–Kier alpha value is -2.15. The largest absolute Gasteiger partial charge is 0.465 e. The van der Waals surface area contributed by atoms with Gasteiger partial charge >= 0.3 is 5.97 Å². The van der Waals surface area contributed by atoms with E-state index in [0.717, 1.165) is 42.6 Å². The van der Waals surface area contributed by atoms with E-state index in [0.29, 0.717) is 15.6 Å². The maximum atomic E-state index is 14.6. The molecular weight excluding hydrogens is 440 g/mol. The normalized spacial score (nSPS) is 16.6. The number of fused-ring (bicyclic) bond motifs is 1. The third kappa shape index (κ3) is 4.29. The Morgan fingerprint density at radius 3 is 2.42 bits per heavy atom. The summed E-state index contributed by atoms with van der Waals surface area (Å²) in [6, 6.07) is 8.92. The van der Waals surface area contributed by atoms with E-state index in [-0.39, 0.29) is 17.6 Å². The second-order valence-electron chi connectivity index (χ2n) is 8.02. The molecule has 2 aromatic carbocycles. The first-order chi connectivity index (χ1) is 14.8. The van der Waals surface area contributed by atoms with Crippen LogP contribution in [0.4, 0.5) is 4.39 Å². The molecule has 1 saturated heterocycles. The molecule has 0 amide bonds. The lowest BCUT2D eigenvalue weighted by Gasteiger charge is -2.36. The molecule has 4 rings (SSSR count). The number of benzene rings is 2. The molecule has 0 unspecified atom stereocenters. The van der Waals surface area contributed by atoms with Gasteiger partial charge in [-0.2, -0.15) is 5.10 Å². The van der Waals surface area contributed by atoms with Crippen molar-refractivity contribution >= 4 is 40.1 Å². The van der Waals surface area contributed by atoms with Gasteiger partial charge in [0.15, 0.2) is 0 Å². The summed E-state index contributed by atoms with van der Waals surface area (Å²) in [5.74, 6) is -1.28. The molecule has 0 spiro atoms. The zero-order chi connectivity index (χ0) is 22.3. The van der Waals surface area contributed by atoms with Crippen molar-refractivity contribution in [2.45, 2.75) is 38.8 Å².